The Hall–Kier alpha value is -1.58. The summed E-state index contributed by atoms with van der Waals surface area (Å²) in [6.07, 6.45) is 2.67. The molecule has 1 aromatic heterocycles. The third kappa shape index (κ3) is 4.19. The Labute approximate surface area is 131 Å². The summed E-state index contributed by atoms with van der Waals surface area (Å²) in [7, 11) is 1.69. The highest BCUT2D eigenvalue weighted by atomic mass is 35.5. The molecule has 1 unspecified atom stereocenters. The Kier molecular flexibility index (Phi) is 5.59. The van der Waals surface area contributed by atoms with Crippen LogP contribution in [0.25, 0.3) is 0 Å². The molecule has 0 saturated heterocycles. The van der Waals surface area contributed by atoms with Crippen molar-refractivity contribution in [3.63, 3.8) is 0 Å². The molecule has 1 N–H and O–H groups in total. The number of halogens is 1. The summed E-state index contributed by atoms with van der Waals surface area (Å²) < 4.78 is 5.44. The number of methoxy groups -OCH3 is 1. The molecule has 0 amide bonds. The van der Waals surface area contributed by atoms with E-state index in [1.54, 1.807) is 7.11 Å². The maximum Gasteiger partial charge on any atom is 0.122 e. The maximum atomic E-state index is 6.12. The topological polar surface area (TPSA) is 34.1 Å². The zero-order valence-electron chi connectivity index (χ0n) is 12.7. The van der Waals surface area contributed by atoms with Crippen molar-refractivity contribution in [1.82, 2.24) is 10.3 Å². The first-order valence-electron chi connectivity index (χ1n) is 7.12. The normalized spacial score (nSPS) is 12.2. The molecule has 0 fully saturated rings. The number of nitrogens with one attached hydrogen (secondary N) is 1. The molecule has 112 valence electrons. The third-order valence-corrected chi connectivity index (χ3v) is 3.68. The van der Waals surface area contributed by atoms with Crippen LogP contribution in [0.3, 0.4) is 0 Å². The van der Waals surface area contributed by atoms with Crippen LogP contribution in [-0.2, 0) is 6.42 Å². The van der Waals surface area contributed by atoms with Gasteiger partial charge < -0.3 is 10.1 Å². The molecule has 0 spiro atoms. The fourth-order valence-electron chi connectivity index (χ4n) is 2.47. The number of rotatable bonds is 6. The number of benzene rings is 1. The molecule has 0 aliphatic carbocycles. The largest absolute Gasteiger partial charge is 0.496 e. The molecular formula is C17H21ClN2O. The van der Waals surface area contributed by atoms with Gasteiger partial charge >= 0.3 is 0 Å². The first-order chi connectivity index (χ1) is 10.1. The standard InChI is InChI=1S/C17H21ClN2O/c1-4-19-16(13-7-8-20-12(2)9-13)11-14-10-15(18)5-6-17(14)21-3/h5-10,16,19H,4,11H2,1-3H3. The molecule has 1 atom stereocenters. The van der Waals surface area contributed by atoms with Gasteiger partial charge in [-0.2, -0.15) is 0 Å². The second kappa shape index (κ2) is 7.43. The minimum atomic E-state index is 0.212. The lowest BCUT2D eigenvalue weighted by Gasteiger charge is -2.20. The number of nitrogens with zero attached hydrogens (tertiary/aromatic N) is 1. The van der Waals surface area contributed by atoms with E-state index in [2.05, 4.69) is 29.4 Å². The first-order valence-corrected chi connectivity index (χ1v) is 7.50. The molecule has 0 saturated carbocycles. The van der Waals surface area contributed by atoms with Crippen molar-refractivity contribution < 1.29 is 4.74 Å². The average Bonchev–Trinajstić information content (AvgIpc) is 2.47. The van der Waals surface area contributed by atoms with Crippen LogP contribution < -0.4 is 10.1 Å². The highest BCUT2D eigenvalue weighted by Crippen LogP contribution is 2.28. The van der Waals surface area contributed by atoms with Gasteiger partial charge in [0.15, 0.2) is 0 Å². The molecule has 0 aliphatic heterocycles. The number of hydrogen-bond donors (Lipinski definition) is 1. The molecule has 0 bridgehead atoms. The molecule has 4 heteroatoms. The number of pyridine rings is 1. The fourth-order valence-corrected chi connectivity index (χ4v) is 2.66. The van der Waals surface area contributed by atoms with Gasteiger partial charge in [-0.1, -0.05) is 18.5 Å². The van der Waals surface area contributed by atoms with E-state index < -0.39 is 0 Å². The summed E-state index contributed by atoms with van der Waals surface area (Å²) in [4.78, 5) is 4.26. The van der Waals surface area contributed by atoms with Crippen molar-refractivity contribution >= 4 is 11.6 Å². The van der Waals surface area contributed by atoms with Crippen LogP contribution in [0.2, 0.25) is 5.02 Å². The monoisotopic (exact) mass is 304 g/mol. The summed E-state index contributed by atoms with van der Waals surface area (Å²) in [5, 5.41) is 4.25. The zero-order chi connectivity index (χ0) is 15.2. The lowest BCUT2D eigenvalue weighted by atomic mass is 9.98. The summed E-state index contributed by atoms with van der Waals surface area (Å²) in [5.41, 5.74) is 3.35. The van der Waals surface area contributed by atoms with E-state index in [1.807, 2.05) is 31.3 Å². The van der Waals surface area contributed by atoms with Gasteiger partial charge in [-0.25, -0.2) is 0 Å². The van der Waals surface area contributed by atoms with Crippen molar-refractivity contribution in [2.45, 2.75) is 26.3 Å². The Morgan fingerprint density at radius 3 is 2.76 bits per heavy atom. The van der Waals surface area contributed by atoms with Gasteiger partial charge in [0.25, 0.3) is 0 Å². The molecule has 0 radical (unpaired) electrons. The predicted octanol–water partition coefficient (Wildman–Crippen LogP) is 3.95. The van der Waals surface area contributed by atoms with E-state index in [1.165, 1.54) is 5.56 Å². The van der Waals surface area contributed by atoms with Gasteiger partial charge in [-0.15, -0.1) is 0 Å². The van der Waals surface area contributed by atoms with Gasteiger partial charge in [0, 0.05) is 23.0 Å². The molecule has 3 nitrogen and oxygen atoms in total. The molecule has 1 heterocycles. The Morgan fingerprint density at radius 1 is 1.29 bits per heavy atom. The van der Waals surface area contributed by atoms with Crippen molar-refractivity contribution in [3.8, 4) is 5.75 Å². The SMILES string of the molecule is CCNC(Cc1cc(Cl)ccc1OC)c1ccnc(C)c1. The predicted molar refractivity (Wildman–Crippen MR) is 87.1 cm³/mol. The van der Waals surface area contributed by atoms with Gasteiger partial charge in [0.05, 0.1) is 7.11 Å². The van der Waals surface area contributed by atoms with Gasteiger partial charge in [0.2, 0.25) is 0 Å². The van der Waals surface area contributed by atoms with Crippen molar-refractivity contribution in [1.29, 1.82) is 0 Å². The Bertz CT molecular complexity index is 601. The fraction of sp³-hybridized carbons (Fsp3) is 0.353. The van der Waals surface area contributed by atoms with Crippen LogP contribution in [0, 0.1) is 6.92 Å². The van der Waals surface area contributed by atoms with E-state index in [4.69, 9.17) is 16.3 Å². The van der Waals surface area contributed by atoms with Gasteiger partial charge in [0.1, 0.15) is 5.75 Å². The number of aromatic nitrogens is 1. The lowest BCUT2D eigenvalue weighted by Crippen LogP contribution is -2.23. The van der Waals surface area contributed by atoms with Crippen molar-refractivity contribution in [2.24, 2.45) is 0 Å². The van der Waals surface area contributed by atoms with Crippen LogP contribution in [0.15, 0.2) is 36.5 Å². The zero-order valence-corrected chi connectivity index (χ0v) is 13.4. The van der Waals surface area contributed by atoms with Crippen molar-refractivity contribution in [3.05, 3.63) is 58.4 Å². The third-order valence-electron chi connectivity index (χ3n) is 3.44. The average molecular weight is 305 g/mol. The van der Waals surface area contributed by atoms with E-state index in [-0.39, 0.29) is 6.04 Å². The number of hydrogen-bond acceptors (Lipinski definition) is 3. The van der Waals surface area contributed by atoms with E-state index in [0.29, 0.717) is 0 Å². The second-order valence-corrected chi connectivity index (χ2v) is 5.44. The smallest absolute Gasteiger partial charge is 0.122 e. The summed E-state index contributed by atoms with van der Waals surface area (Å²) >= 11 is 6.12. The van der Waals surface area contributed by atoms with Crippen molar-refractivity contribution in [2.75, 3.05) is 13.7 Å². The number of ether oxygens (including phenoxy) is 1. The number of likely N-dealkylation sites (N-methyl/N-ethyl adjacent to an activating group) is 1. The summed E-state index contributed by atoms with van der Waals surface area (Å²) in [5.74, 6) is 0.869. The molecule has 1 aromatic carbocycles. The van der Waals surface area contributed by atoms with E-state index in [0.717, 1.165) is 35.0 Å². The minimum absolute atomic E-state index is 0.212. The van der Waals surface area contributed by atoms with Crippen LogP contribution in [-0.4, -0.2) is 18.6 Å². The molecule has 2 rings (SSSR count). The van der Waals surface area contributed by atoms with E-state index >= 15 is 0 Å². The highest BCUT2D eigenvalue weighted by molar-refractivity contribution is 6.30. The van der Waals surface area contributed by atoms with Gasteiger partial charge in [-0.3, -0.25) is 4.98 Å². The first kappa shape index (κ1) is 15.8. The summed E-state index contributed by atoms with van der Waals surface area (Å²) in [6, 6.07) is 10.1. The van der Waals surface area contributed by atoms with Crippen LogP contribution >= 0.6 is 11.6 Å². The van der Waals surface area contributed by atoms with Crippen LogP contribution in [0.5, 0.6) is 5.75 Å². The van der Waals surface area contributed by atoms with Gasteiger partial charge in [-0.05, 0) is 61.3 Å². The number of aryl methyl sites for hydroxylation is 1. The quantitative estimate of drug-likeness (QED) is 0.877. The highest BCUT2D eigenvalue weighted by Gasteiger charge is 2.14. The Balaban J connectivity index is 2.30. The molecular weight excluding hydrogens is 284 g/mol. The molecule has 0 aliphatic rings. The summed E-state index contributed by atoms with van der Waals surface area (Å²) in [6.45, 7) is 5.01. The van der Waals surface area contributed by atoms with Crippen LogP contribution in [0.4, 0.5) is 0 Å². The lowest BCUT2D eigenvalue weighted by molar-refractivity contribution is 0.405. The molecule has 21 heavy (non-hydrogen) atoms. The maximum absolute atomic E-state index is 6.12. The molecule has 2 aromatic rings. The second-order valence-electron chi connectivity index (χ2n) is 5.00. The minimum Gasteiger partial charge on any atom is -0.496 e. The van der Waals surface area contributed by atoms with E-state index in [9.17, 15) is 0 Å². The van der Waals surface area contributed by atoms with Crippen LogP contribution in [0.1, 0.15) is 29.8 Å². The Morgan fingerprint density at radius 2 is 2.10 bits per heavy atom.